The second kappa shape index (κ2) is 19.2. The highest BCUT2D eigenvalue weighted by atomic mass is 15.1. The normalized spacial score (nSPS) is 10.9. The molecule has 0 heterocycles. The summed E-state index contributed by atoms with van der Waals surface area (Å²) in [5.74, 6) is 0. The van der Waals surface area contributed by atoms with Crippen molar-refractivity contribution in [3.63, 3.8) is 0 Å². The third kappa shape index (κ3) is 8.63. The van der Waals surface area contributed by atoms with Crippen LogP contribution in [0, 0.1) is 0 Å². The predicted octanol–water partition coefficient (Wildman–Crippen LogP) is 18.6. The van der Waals surface area contributed by atoms with E-state index < -0.39 is 0 Å². The van der Waals surface area contributed by atoms with Crippen LogP contribution in [0.15, 0.2) is 291 Å². The van der Waals surface area contributed by atoms with E-state index in [0.717, 1.165) is 50.8 Å². The van der Waals surface area contributed by atoms with Crippen LogP contribution >= 0.6 is 0 Å². The van der Waals surface area contributed by atoms with Crippen molar-refractivity contribution >= 4 is 34.1 Å². The molecule has 0 amide bonds. The standard InChI is InChI=1S/C66H48N2/c1-8-22-49(23-9-1)55-38-45-66(68(57-34-20-7-21-35-57)60-42-44-62(51-26-12-3-13-27-51)64(48-60)53-30-16-5-17-31-53)65(46-55)54-36-39-58(40-37-54)67(56-32-18-6-19-33-56)59-41-43-61(50-24-10-2-11-25-50)63(47-59)52-28-14-4-15-29-52/h1-48H. The zero-order valence-corrected chi connectivity index (χ0v) is 37.6. The minimum absolute atomic E-state index is 1.07. The monoisotopic (exact) mass is 868 g/mol. The van der Waals surface area contributed by atoms with Gasteiger partial charge in [-0.25, -0.2) is 0 Å². The minimum Gasteiger partial charge on any atom is -0.310 e. The van der Waals surface area contributed by atoms with Gasteiger partial charge in [0.15, 0.2) is 0 Å². The molecular weight excluding hydrogens is 821 g/mol. The van der Waals surface area contributed by atoms with E-state index in [4.69, 9.17) is 0 Å². The van der Waals surface area contributed by atoms with Crippen molar-refractivity contribution in [1.82, 2.24) is 0 Å². The SMILES string of the molecule is c1ccc(-c2ccc(N(c3ccccc3)c3ccc(-c4ccccc4)c(-c4ccccc4)c3)c(-c3ccc(N(c4ccccc4)c4ccc(-c5ccccc5)c(-c5ccccc5)c4)cc3)c2)cc1. The topological polar surface area (TPSA) is 6.48 Å². The van der Waals surface area contributed by atoms with Gasteiger partial charge in [-0.3, -0.25) is 0 Å². The zero-order valence-electron chi connectivity index (χ0n) is 37.6. The smallest absolute Gasteiger partial charge is 0.0540 e. The van der Waals surface area contributed by atoms with Crippen molar-refractivity contribution in [3.05, 3.63) is 291 Å². The van der Waals surface area contributed by atoms with E-state index in [2.05, 4.69) is 301 Å². The number of rotatable bonds is 12. The minimum atomic E-state index is 1.07. The Morgan fingerprint density at radius 3 is 0.912 bits per heavy atom. The fourth-order valence-corrected chi connectivity index (χ4v) is 9.39. The summed E-state index contributed by atoms with van der Waals surface area (Å²) in [5, 5.41) is 0. The third-order valence-corrected chi connectivity index (χ3v) is 12.7. The number of para-hydroxylation sites is 2. The molecule has 11 aromatic carbocycles. The molecule has 0 bridgehead atoms. The van der Waals surface area contributed by atoms with Crippen LogP contribution in [0.3, 0.4) is 0 Å². The number of hydrogen-bond acceptors (Lipinski definition) is 2. The average Bonchev–Trinajstić information content (AvgIpc) is 3.43. The Morgan fingerprint density at radius 2 is 0.471 bits per heavy atom. The van der Waals surface area contributed by atoms with Crippen molar-refractivity contribution in [2.45, 2.75) is 0 Å². The largest absolute Gasteiger partial charge is 0.310 e. The molecule has 0 aliphatic rings. The molecule has 0 aromatic heterocycles. The van der Waals surface area contributed by atoms with Crippen LogP contribution in [0.1, 0.15) is 0 Å². The molecule has 0 unspecified atom stereocenters. The van der Waals surface area contributed by atoms with Gasteiger partial charge >= 0.3 is 0 Å². The van der Waals surface area contributed by atoms with Crippen LogP contribution in [-0.2, 0) is 0 Å². The molecule has 0 aliphatic heterocycles. The van der Waals surface area contributed by atoms with Gasteiger partial charge in [-0.15, -0.1) is 0 Å². The Labute approximate surface area is 400 Å². The Balaban J connectivity index is 1.07. The maximum atomic E-state index is 2.41. The van der Waals surface area contributed by atoms with Gasteiger partial charge in [-0.1, -0.05) is 218 Å². The summed E-state index contributed by atoms with van der Waals surface area (Å²) in [6, 6.07) is 105. The van der Waals surface area contributed by atoms with Gasteiger partial charge in [0.05, 0.1) is 5.69 Å². The lowest BCUT2D eigenvalue weighted by atomic mass is 9.92. The van der Waals surface area contributed by atoms with Crippen molar-refractivity contribution in [3.8, 4) is 66.8 Å². The Bertz CT molecular complexity index is 3400. The molecule has 0 atom stereocenters. The van der Waals surface area contributed by atoms with Crippen LogP contribution in [-0.4, -0.2) is 0 Å². The Kier molecular flexibility index (Phi) is 11.8. The number of benzene rings is 11. The summed E-state index contributed by atoms with van der Waals surface area (Å²) < 4.78 is 0. The van der Waals surface area contributed by atoms with E-state index in [1.807, 2.05) is 0 Å². The average molecular weight is 869 g/mol. The molecule has 2 nitrogen and oxygen atoms in total. The summed E-state index contributed by atoms with van der Waals surface area (Å²) in [4.78, 5) is 4.77. The van der Waals surface area contributed by atoms with E-state index in [1.165, 1.54) is 50.1 Å². The van der Waals surface area contributed by atoms with Crippen LogP contribution in [0.5, 0.6) is 0 Å². The predicted molar refractivity (Wildman–Crippen MR) is 288 cm³/mol. The van der Waals surface area contributed by atoms with Crippen LogP contribution in [0.4, 0.5) is 34.1 Å². The molecule has 2 heteroatoms. The molecule has 0 N–H and O–H groups in total. The van der Waals surface area contributed by atoms with Crippen molar-refractivity contribution < 1.29 is 0 Å². The van der Waals surface area contributed by atoms with Gasteiger partial charge < -0.3 is 9.80 Å². The zero-order chi connectivity index (χ0) is 45.5. The molecule has 0 saturated carbocycles. The quantitative estimate of drug-likeness (QED) is 0.121. The molecule has 68 heavy (non-hydrogen) atoms. The van der Waals surface area contributed by atoms with Gasteiger partial charge in [0.2, 0.25) is 0 Å². The molecule has 0 aliphatic carbocycles. The van der Waals surface area contributed by atoms with Gasteiger partial charge in [-0.2, -0.15) is 0 Å². The van der Waals surface area contributed by atoms with Crippen LogP contribution < -0.4 is 9.80 Å². The lowest BCUT2D eigenvalue weighted by Gasteiger charge is -2.30. The lowest BCUT2D eigenvalue weighted by Crippen LogP contribution is -2.12. The first-order chi connectivity index (χ1) is 33.7. The first kappa shape index (κ1) is 41.7. The Morgan fingerprint density at radius 1 is 0.162 bits per heavy atom. The fraction of sp³-hybridized carbons (Fsp3) is 0. The van der Waals surface area contributed by atoms with Gasteiger partial charge in [0.25, 0.3) is 0 Å². The third-order valence-electron chi connectivity index (χ3n) is 12.7. The van der Waals surface area contributed by atoms with Crippen molar-refractivity contribution in [2.75, 3.05) is 9.80 Å². The summed E-state index contributed by atoms with van der Waals surface area (Å²) in [7, 11) is 0. The van der Waals surface area contributed by atoms with Gasteiger partial charge in [-0.05, 0) is 134 Å². The molecule has 0 fully saturated rings. The lowest BCUT2D eigenvalue weighted by molar-refractivity contribution is 1.27. The highest BCUT2D eigenvalue weighted by Crippen LogP contribution is 2.46. The van der Waals surface area contributed by atoms with E-state index in [1.54, 1.807) is 0 Å². The summed E-state index contributed by atoms with van der Waals surface area (Å²) in [6.45, 7) is 0. The van der Waals surface area contributed by atoms with Crippen LogP contribution in [0.25, 0.3) is 66.8 Å². The first-order valence-corrected chi connectivity index (χ1v) is 23.3. The van der Waals surface area contributed by atoms with Crippen molar-refractivity contribution in [2.24, 2.45) is 0 Å². The summed E-state index contributed by atoms with van der Waals surface area (Å²) in [6.07, 6.45) is 0. The molecule has 11 aromatic rings. The maximum Gasteiger partial charge on any atom is 0.0540 e. The fourth-order valence-electron chi connectivity index (χ4n) is 9.39. The molecule has 0 saturated heterocycles. The second-order valence-corrected chi connectivity index (χ2v) is 16.9. The molecule has 322 valence electrons. The molecule has 0 spiro atoms. The highest BCUT2D eigenvalue weighted by Gasteiger charge is 2.22. The van der Waals surface area contributed by atoms with E-state index >= 15 is 0 Å². The summed E-state index contributed by atoms with van der Waals surface area (Å²) >= 11 is 0. The number of hydrogen-bond donors (Lipinski definition) is 0. The molecule has 0 radical (unpaired) electrons. The number of anilines is 6. The van der Waals surface area contributed by atoms with Crippen LogP contribution in [0.2, 0.25) is 0 Å². The van der Waals surface area contributed by atoms with Gasteiger partial charge in [0, 0.05) is 34.0 Å². The summed E-state index contributed by atoms with van der Waals surface area (Å²) in [5.41, 5.74) is 20.5. The Hall–Kier alpha value is -8.98. The maximum absolute atomic E-state index is 2.41. The van der Waals surface area contributed by atoms with Gasteiger partial charge in [0.1, 0.15) is 0 Å². The van der Waals surface area contributed by atoms with E-state index in [0.29, 0.717) is 0 Å². The first-order valence-electron chi connectivity index (χ1n) is 23.3. The highest BCUT2D eigenvalue weighted by molar-refractivity contribution is 5.95. The number of nitrogens with zero attached hydrogens (tertiary/aromatic N) is 2. The molecular formula is C66H48N2. The second-order valence-electron chi connectivity index (χ2n) is 16.9. The van der Waals surface area contributed by atoms with E-state index in [9.17, 15) is 0 Å². The van der Waals surface area contributed by atoms with Crippen molar-refractivity contribution in [1.29, 1.82) is 0 Å². The van der Waals surface area contributed by atoms with E-state index in [-0.39, 0.29) is 0 Å². The molecule has 11 rings (SSSR count).